The highest BCUT2D eigenvalue weighted by atomic mass is 32.2. The fraction of sp³-hybridized carbons (Fsp3) is 0.667. The molecule has 1 aromatic carbocycles. The molecule has 1 aliphatic carbocycles. The molecule has 1 saturated carbocycles. The minimum Gasteiger partial charge on any atom is -0.494 e. The Kier molecular flexibility index (Phi) is 7.91. The molecular formula is C21H33N3O4S. The van der Waals surface area contributed by atoms with Crippen LogP contribution in [0, 0.1) is 0 Å². The van der Waals surface area contributed by atoms with E-state index in [0.717, 1.165) is 51.6 Å². The van der Waals surface area contributed by atoms with Crippen molar-refractivity contribution in [2.75, 3.05) is 39.3 Å². The summed E-state index contributed by atoms with van der Waals surface area (Å²) in [6.07, 6.45) is 5.87. The number of nitrogens with zero attached hydrogens (tertiary/aromatic N) is 2. The molecule has 3 rings (SSSR count). The average molecular weight is 424 g/mol. The van der Waals surface area contributed by atoms with Gasteiger partial charge < -0.3 is 15.0 Å². The third-order valence-electron chi connectivity index (χ3n) is 5.73. The van der Waals surface area contributed by atoms with Crippen molar-refractivity contribution in [2.45, 2.75) is 56.4 Å². The van der Waals surface area contributed by atoms with Gasteiger partial charge in [-0.1, -0.05) is 25.7 Å². The van der Waals surface area contributed by atoms with Crippen molar-refractivity contribution in [2.24, 2.45) is 0 Å². The lowest BCUT2D eigenvalue weighted by atomic mass is 10.1. The number of hydrogen-bond donors (Lipinski definition) is 1. The predicted molar refractivity (Wildman–Crippen MR) is 112 cm³/mol. The molecule has 7 nitrogen and oxygen atoms in total. The van der Waals surface area contributed by atoms with Crippen molar-refractivity contribution in [3.8, 4) is 5.75 Å². The van der Waals surface area contributed by atoms with Crippen molar-refractivity contribution >= 4 is 15.9 Å². The van der Waals surface area contributed by atoms with Crippen LogP contribution in [0.1, 0.15) is 45.4 Å². The first kappa shape index (κ1) is 22.1. The van der Waals surface area contributed by atoms with Crippen LogP contribution in [0.2, 0.25) is 0 Å². The Hall–Kier alpha value is -1.64. The third-order valence-corrected chi connectivity index (χ3v) is 7.65. The molecule has 0 spiro atoms. The number of piperazine rings is 1. The number of amides is 1. The number of hydrogen-bond acceptors (Lipinski definition) is 5. The van der Waals surface area contributed by atoms with Crippen LogP contribution in [0.15, 0.2) is 29.2 Å². The summed E-state index contributed by atoms with van der Waals surface area (Å²) >= 11 is 0. The first-order valence-corrected chi connectivity index (χ1v) is 12.2. The van der Waals surface area contributed by atoms with E-state index in [9.17, 15) is 13.2 Å². The van der Waals surface area contributed by atoms with Crippen molar-refractivity contribution < 1.29 is 17.9 Å². The summed E-state index contributed by atoms with van der Waals surface area (Å²) in [5, 5.41) is 3.23. The predicted octanol–water partition coefficient (Wildman–Crippen LogP) is 2.23. The maximum atomic E-state index is 13.5. The molecule has 1 saturated heterocycles. The molecule has 1 amide bonds. The molecule has 1 heterocycles. The van der Waals surface area contributed by atoms with E-state index < -0.39 is 10.0 Å². The number of rotatable bonds is 7. The van der Waals surface area contributed by atoms with E-state index in [1.54, 1.807) is 29.2 Å². The molecule has 1 aromatic rings. The zero-order valence-corrected chi connectivity index (χ0v) is 18.1. The summed E-state index contributed by atoms with van der Waals surface area (Å²) in [6, 6.07) is 6.40. The fourth-order valence-electron chi connectivity index (χ4n) is 4.11. The van der Waals surface area contributed by atoms with Gasteiger partial charge in [0.1, 0.15) is 5.75 Å². The second-order valence-corrected chi connectivity index (χ2v) is 9.62. The zero-order valence-electron chi connectivity index (χ0n) is 17.3. The van der Waals surface area contributed by atoms with E-state index >= 15 is 0 Å². The van der Waals surface area contributed by atoms with Gasteiger partial charge in [0.05, 0.1) is 18.0 Å². The topological polar surface area (TPSA) is 79.0 Å². The third kappa shape index (κ3) is 5.71. The number of ether oxygens (including phenoxy) is 1. The van der Waals surface area contributed by atoms with E-state index in [1.165, 1.54) is 4.31 Å². The van der Waals surface area contributed by atoms with Crippen LogP contribution in [-0.2, 0) is 14.8 Å². The highest BCUT2D eigenvalue weighted by molar-refractivity contribution is 7.89. The van der Waals surface area contributed by atoms with Crippen LogP contribution in [0.25, 0.3) is 0 Å². The van der Waals surface area contributed by atoms with Crippen LogP contribution in [0.5, 0.6) is 5.75 Å². The van der Waals surface area contributed by atoms with Gasteiger partial charge in [-0.25, -0.2) is 8.42 Å². The smallest absolute Gasteiger partial charge is 0.243 e. The normalized spacial score (nSPS) is 19.2. The van der Waals surface area contributed by atoms with Gasteiger partial charge in [0.15, 0.2) is 0 Å². The monoisotopic (exact) mass is 423 g/mol. The van der Waals surface area contributed by atoms with E-state index in [1.807, 2.05) is 6.92 Å². The molecule has 2 fully saturated rings. The van der Waals surface area contributed by atoms with Crippen LogP contribution >= 0.6 is 0 Å². The summed E-state index contributed by atoms with van der Waals surface area (Å²) in [4.78, 5) is 14.9. The van der Waals surface area contributed by atoms with E-state index in [2.05, 4.69) is 5.32 Å². The van der Waals surface area contributed by atoms with Gasteiger partial charge >= 0.3 is 0 Å². The molecule has 1 aliphatic heterocycles. The Morgan fingerprint density at radius 2 is 1.72 bits per heavy atom. The number of carbonyl (C=O) groups is 1. The Morgan fingerprint density at radius 1 is 1.10 bits per heavy atom. The van der Waals surface area contributed by atoms with Crippen LogP contribution in [0.3, 0.4) is 0 Å². The molecule has 0 unspecified atom stereocenters. The molecule has 8 heteroatoms. The Balaban J connectivity index is 1.84. The first-order chi connectivity index (χ1) is 14.0. The average Bonchev–Trinajstić information content (AvgIpc) is 3.02. The second-order valence-electron chi connectivity index (χ2n) is 7.73. The van der Waals surface area contributed by atoms with Crippen LogP contribution in [-0.4, -0.2) is 68.9 Å². The van der Waals surface area contributed by atoms with Gasteiger partial charge in [0.25, 0.3) is 0 Å². The minimum absolute atomic E-state index is 0.0831. The number of sulfonamides is 1. The number of benzene rings is 1. The SMILES string of the molecule is CCOc1ccc(S(=O)(=O)N(CC(=O)N2CCNCC2)C2CCCCCC2)cc1. The Morgan fingerprint density at radius 3 is 2.31 bits per heavy atom. The lowest BCUT2D eigenvalue weighted by molar-refractivity contribution is -0.132. The minimum atomic E-state index is -3.77. The standard InChI is InChI=1S/C21H33N3O4S/c1-2-28-19-9-11-20(12-10-19)29(26,27)24(18-7-5-3-4-6-8-18)17-21(25)23-15-13-22-14-16-23/h9-12,18,22H,2-8,13-17H2,1H3. The molecule has 162 valence electrons. The summed E-state index contributed by atoms with van der Waals surface area (Å²) in [6.45, 7) is 5.09. The first-order valence-electron chi connectivity index (χ1n) is 10.8. The summed E-state index contributed by atoms with van der Waals surface area (Å²) in [5.74, 6) is 0.537. The van der Waals surface area contributed by atoms with Crippen molar-refractivity contribution in [1.29, 1.82) is 0 Å². The van der Waals surface area contributed by atoms with Gasteiger partial charge in [-0.3, -0.25) is 4.79 Å². The summed E-state index contributed by atoms with van der Waals surface area (Å²) in [7, 11) is -3.77. The molecular weight excluding hydrogens is 390 g/mol. The largest absolute Gasteiger partial charge is 0.494 e. The second kappa shape index (κ2) is 10.4. The van der Waals surface area contributed by atoms with Gasteiger partial charge in [-0.15, -0.1) is 0 Å². The highest BCUT2D eigenvalue weighted by Gasteiger charge is 2.34. The maximum absolute atomic E-state index is 13.5. The molecule has 0 bridgehead atoms. The summed E-state index contributed by atoms with van der Waals surface area (Å²) in [5.41, 5.74) is 0. The van der Waals surface area contributed by atoms with E-state index in [4.69, 9.17) is 4.74 Å². The number of nitrogens with one attached hydrogen (secondary N) is 1. The van der Waals surface area contributed by atoms with Crippen LogP contribution in [0.4, 0.5) is 0 Å². The molecule has 2 aliphatic rings. The quantitative estimate of drug-likeness (QED) is 0.681. The molecule has 0 aromatic heterocycles. The van der Waals surface area contributed by atoms with Gasteiger partial charge in [0, 0.05) is 32.2 Å². The Labute approximate surface area is 174 Å². The lowest BCUT2D eigenvalue weighted by Crippen LogP contribution is -2.52. The van der Waals surface area contributed by atoms with Gasteiger partial charge in [-0.05, 0) is 44.0 Å². The van der Waals surface area contributed by atoms with Crippen molar-refractivity contribution in [1.82, 2.24) is 14.5 Å². The highest BCUT2D eigenvalue weighted by Crippen LogP contribution is 2.28. The molecule has 0 radical (unpaired) electrons. The fourth-order valence-corrected chi connectivity index (χ4v) is 5.75. The number of carbonyl (C=O) groups excluding carboxylic acids is 1. The molecule has 0 atom stereocenters. The lowest BCUT2D eigenvalue weighted by Gasteiger charge is -2.33. The zero-order chi connectivity index (χ0) is 20.7. The van der Waals surface area contributed by atoms with Crippen LogP contribution < -0.4 is 10.1 Å². The van der Waals surface area contributed by atoms with Crippen molar-refractivity contribution in [3.63, 3.8) is 0 Å². The van der Waals surface area contributed by atoms with Crippen molar-refractivity contribution in [3.05, 3.63) is 24.3 Å². The molecule has 1 N–H and O–H groups in total. The maximum Gasteiger partial charge on any atom is 0.243 e. The summed E-state index contributed by atoms with van der Waals surface area (Å²) < 4.78 is 34.0. The Bertz CT molecular complexity index is 753. The van der Waals surface area contributed by atoms with Gasteiger partial charge in [0.2, 0.25) is 15.9 Å². The molecule has 29 heavy (non-hydrogen) atoms. The van der Waals surface area contributed by atoms with E-state index in [-0.39, 0.29) is 23.4 Å². The van der Waals surface area contributed by atoms with Gasteiger partial charge in [-0.2, -0.15) is 4.31 Å². The van der Waals surface area contributed by atoms with E-state index in [0.29, 0.717) is 25.4 Å².